The smallest absolute Gasteiger partial charge is 0.314 e. The maximum Gasteiger partial charge on any atom is 0.314 e. The maximum atomic E-state index is 12.4. The Morgan fingerprint density at radius 1 is 1.46 bits per heavy atom. The minimum atomic E-state index is -0.470. The van der Waals surface area contributed by atoms with E-state index in [0.29, 0.717) is 6.61 Å². The topological polar surface area (TPSA) is 71.9 Å². The number of aryl methyl sites for hydroxylation is 1. The summed E-state index contributed by atoms with van der Waals surface area (Å²) < 4.78 is 10.5. The van der Waals surface area contributed by atoms with Gasteiger partial charge in [0.05, 0.1) is 30.9 Å². The fourth-order valence-electron chi connectivity index (χ4n) is 4.19. The van der Waals surface area contributed by atoms with Crippen molar-refractivity contribution in [2.24, 2.45) is 11.3 Å². The lowest BCUT2D eigenvalue weighted by Crippen LogP contribution is -2.44. The average molecular weight is 374 g/mol. The Kier molecular flexibility index (Phi) is 4.16. The number of benzene rings is 1. The molecule has 1 aromatic heterocycles. The van der Waals surface area contributed by atoms with Gasteiger partial charge in [-0.3, -0.25) is 4.79 Å². The number of aromatic hydroxyl groups is 1. The number of esters is 1. The van der Waals surface area contributed by atoms with Crippen molar-refractivity contribution in [3.63, 3.8) is 0 Å². The number of hydrogen-bond acceptors (Lipinski definition) is 7. The standard InChI is InChI=1S/C19H22N2O4S/c1-11-4-5-15(22)13(6-11)14-10-26-18(20-14)21-8-12-7-19(12,17(23)25-3)16(21)9-24-2/h4-6,10,12,16,22H,7-9H2,1-3H3/t12-,16+,19+/m0/s1. The highest BCUT2D eigenvalue weighted by Crippen LogP contribution is 2.63. The van der Waals surface area contributed by atoms with Gasteiger partial charge in [0.1, 0.15) is 5.75 Å². The number of fused-ring (bicyclic) bond motifs is 1. The zero-order valence-electron chi connectivity index (χ0n) is 15.1. The molecule has 2 heterocycles. The van der Waals surface area contributed by atoms with E-state index in [9.17, 15) is 9.90 Å². The van der Waals surface area contributed by atoms with Crippen LogP contribution in [-0.4, -0.2) is 49.5 Å². The number of hydrogen-bond donors (Lipinski definition) is 1. The first-order chi connectivity index (χ1) is 12.5. The van der Waals surface area contributed by atoms with Crippen molar-refractivity contribution in [1.29, 1.82) is 0 Å². The maximum absolute atomic E-state index is 12.4. The molecule has 1 N–H and O–H groups in total. The van der Waals surface area contributed by atoms with E-state index in [0.717, 1.165) is 34.9 Å². The van der Waals surface area contributed by atoms with Gasteiger partial charge in [-0.2, -0.15) is 0 Å². The molecule has 2 aliphatic rings. The van der Waals surface area contributed by atoms with Crippen molar-refractivity contribution in [1.82, 2.24) is 4.98 Å². The first kappa shape index (κ1) is 17.3. The van der Waals surface area contributed by atoms with Crippen LogP contribution >= 0.6 is 11.3 Å². The highest BCUT2D eigenvalue weighted by molar-refractivity contribution is 7.14. The Labute approximate surface area is 156 Å². The fourth-order valence-corrected chi connectivity index (χ4v) is 5.07. The minimum absolute atomic E-state index is 0.0740. The number of carbonyl (C=O) groups is 1. The first-order valence-corrected chi connectivity index (χ1v) is 9.48. The van der Waals surface area contributed by atoms with Crippen LogP contribution in [0.3, 0.4) is 0 Å². The van der Waals surface area contributed by atoms with Crippen molar-refractivity contribution < 1.29 is 19.4 Å². The van der Waals surface area contributed by atoms with Gasteiger partial charge < -0.3 is 19.5 Å². The SMILES string of the molecule is COC[C@H]1N(c2nc(-c3cc(C)ccc3O)cs2)C[C@@H]2C[C@@]21C(=O)OC. The molecule has 0 amide bonds. The number of aromatic nitrogens is 1. The van der Waals surface area contributed by atoms with E-state index in [1.165, 1.54) is 18.4 Å². The molecule has 3 atom stereocenters. The molecule has 4 rings (SSSR count). The number of phenolic OH excluding ortho intramolecular Hbond substituents is 1. The van der Waals surface area contributed by atoms with Crippen LogP contribution in [-0.2, 0) is 14.3 Å². The molecule has 26 heavy (non-hydrogen) atoms. The van der Waals surface area contributed by atoms with E-state index in [4.69, 9.17) is 14.5 Å². The van der Waals surface area contributed by atoms with E-state index in [2.05, 4.69) is 4.90 Å². The van der Waals surface area contributed by atoms with Crippen LogP contribution in [0.1, 0.15) is 12.0 Å². The molecule has 7 heteroatoms. The molecule has 2 fully saturated rings. The zero-order chi connectivity index (χ0) is 18.5. The molecule has 0 spiro atoms. The molecule has 0 unspecified atom stereocenters. The first-order valence-electron chi connectivity index (χ1n) is 8.60. The van der Waals surface area contributed by atoms with Gasteiger partial charge in [0.15, 0.2) is 5.13 Å². The summed E-state index contributed by atoms with van der Waals surface area (Å²) in [5.74, 6) is 0.353. The molecule has 1 saturated heterocycles. The van der Waals surface area contributed by atoms with Crippen LogP contribution in [0.4, 0.5) is 5.13 Å². The Morgan fingerprint density at radius 2 is 2.27 bits per heavy atom. The molecule has 138 valence electrons. The highest BCUT2D eigenvalue weighted by atomic mass is 32.1. The van der Waals surface area contributed by atoms with E-state index in [-0.39, 0.29) is 23.7 Å². The van der Waals surface area contributed by atoms with Crippen LogP contribution in [0.2, 0.25) is 0 Å². The van der Waals surface area contributed by atoms with Crippen molar-refractivity contribution in [2.75, 3.05) is 32.3 Å². The second-order valence-electron chi connectivity index (χ2n) is 7.09. The van der Waals surface area contributed by atoms with Gasteiger partial charge in [0.25, 0.3) is 0 Å². The Hall–Kier alpha value is -2.12. The summed E-state index contributed by atoms with van der Waals surface area (Å²) in [7, 11) is 3.10. The highest BCUT2D eigenvalue weighted by Gasteiger charge is 2.71. The molecule has 1 aromatic carbocycles. The third kappa shape index (κ3) is 2.49. The van der Waals surface area contributed by atoms with E-state index >= 15 is 0 Å². The second-order valence-corrected chi connectivity index (χ2v) is 7.93. The summed E-state index contributed by atoms with van der Waals surface area (Å²) in [6.45, 7) is 3.21. The van der Waals surface area contributed by atoms with Crippen LogP contribution in [0, 0.1) is 18.3 Å². The molecule has 0 radical (unpaired) electrons. The number of ether oxygens (including phenoxy) is 2. The normalized spacial score (nSPS) is 26.7. The van der Waals surface area contributed by atoms with Gasteiger partial charge in [-0.1, -0.05) is 11.6 Å². The van der Waals surface area contributed by atoms with Gasteiger partial charge in [-0.15, -0.1) is 11.3 Å². The summed E-state index contributed by atoms with van der Waals surface area (Å²) in [5.41, 5.74) is 2.07. The number of phenols is 1. The largest absolute Gasteiger partial charge is 0.507 e. The summed E-state index contributed by atoms with van der Waals surface area (Å²) in [5, 5.41) is 13.0. The van der Waals surface area contributed by atoms with Crippen molar-refractivity contribution in [3.8, 4) is 17.0 Å². The second kappa shape index (κ2) is 6.25. The summed E-state index contributed by atoms with van der Waals surface area (Å²) in [6.07, 6.45) is 0.848. The van der Waals surface area contributed by atoms with E-state index in [1.807, 2.05) is 24.4 Å². The molecular formula is C19H22N2O4S. The number of rotatable bonds is 5. The Balaban J connectivity index is 1.65. The Bertz CT molecular complexity index is 852. The molecule has 1 saturated carbocycles. The molecule has 1 aliphatic heterocycles. The zero-order valence-corrected chi connectivity index (χ0v) is 15.9. The fraction of sp³-hybridized carbons (Fsp3) is 0.474. The van der Waals surface area contributed by atoms with Gasteiger partial charge in [-0.05, 0) is 31.4 Å². The number of nitrogens with zero attached hydrogens (tertiary/aromatic N) is 2. The van der Waals surface area contributed by atoms with Crippen molar-refractivity contribution in [2.45, 2.75) is 19.4 Å². The van der Waals surface area contributed by atoms with Crippen molar-refractivity contribution in [3.05, 3.63) is 29.1 Å². The van der Waals surface area contributed by atoms with E-state index in [1.54, 1.807) is 13.2 Å². The molecule has 0 bridgehead atoms. The van der Waals surface area contributed by atoms with Crippen LogP contribution < -0.4 is 4.90 Å². The van der Waals surface area contributed by atoms with Crippen LogP contribution in [0.25, 0.3) is 11.3 Å². The number of anilines is 1. The lowest BCUT2D eigenvalue weighted by Gasteiger charge is -2.30. The summed E-state index contributed by atoms with van der Waals surface area (Å²) in [6, 6.07) is 5.41. The molecular weight excluding hydrogens is 352 g/mol. The third-order valence-electron chi connectivity index (χ3n) is 5.60. The predicted octanol–water partition coefficient (Wildman–Crippen LogP) is 2.84. The molecule has 6 nitrogen and oxygen atoms in total. The van der Waals surface area contributed by atoms with Crippen LogP contribution in [0.5, 0.6) is 5.75 Å². The lowest BCUT2D eigenvalue weighted by atomic mass is 9.97. The quantitative estimate of drug-likeness (QED) is 0.812. The van der Waals surface area contributed by atoms with Gasteiger partial charge in [-0.25, -0.2) is 4.98 Å². The molecule has 1 aliphatic carbocycles. The van der Waals surface area contributed by atoms with Crippen LogP contribution in [0.15, 0.2) is 23.6 Å². The van der Waals surface area contributed by atoms with Gasteiger partial charge in [0.2, 0.25) is 0 Å². The average Bonchev–Trinajstić information content (AvgIpc) is 3.01. The third-order valence-corrected chi connectivity index (χ3v) is 6.47. The number of thiazole rings is 1. The number of piperidine rings is 1. The number of methoxy groups -OCH3 is 2. The van der Waals surface area contributed by atoms with Gasteiger partial charge in [0, 0.05) is 24.6 Å². The molecule has 2 aromatic rings. The monoisotopic (exact) mass is 374 g/mol. The van der Waals surface area contributed by atoms with Crippen molar-refractivity contribution >= 4 is 22.4 Å². The number of carbonyl (C=O) groups excluding carboxylic acids is 1. The van der Waals surface area contributed by atoms with Gasteiger partial charge >= 0.3 is 5.97 Å². The predicted molar refractivity (Wildman–Crippen MR) is 99.5 cm³/mol. The summed E-state index contributed by atoms with van der Waals surface area (Å²) in [4.78, 5) is 19.3. The Morgan fingerprint density at radius 3 is 3.00 bits per heavy atom. The van der Waals surface area contributed by atoms with E-state index < -0.39 is 5.41 Å². The lowest BCUT2D eigenvalue weighted by molar-refractivity contribution is -0.148. The summed E-state index contributed by atoms with van der Waals surface area (Å²) >= 11 is 1.52. The minimum Gasteiger partial charge on any atom is -0.507 e.